The van der Waals surface area contributed by atoms with Gasteiger partial charge in [0.05, 0.1) is 42.4 Å². The van der Waals surface area contributed by atoms with Crippen LogP contribution in [0.5, 0.6) is 11.5 Å². The maximum atomic E-state index is 13.9. The van der Waals surface area contributed by atoms with Gasteiger partial charge in [-0.15, -0.1) is 11.8 Å². The van der Waals surface area contributed by atoms with E-state index in [9.17, 15) is 23.6 Å². The number of ether oxygens (including phenoxy) is 3. The van der Waals surface area contributed by atoms with Crippen molar-refractivity contribution in [1.82, 2.24) is 9.88 Å². The number of carbonyl (C=O) groups is 3. The molecule has 5 aliphatic rings. The molecule has 4 fully saturated rings. The second-order valence-electron chi connectivity index (χ2n) is 12.4. The summed E-state index contributed by atoms with van der Waals surface area (Å²) < 4.78 is 31.0. The molecule has 10 nitrogen and oxygen atoms in total. The number of anilines is 1. The highest BCUT2D eigenvalue weighted by molar-refractivity contribution is 8.00. The fourth-order valence-electron chi connectivity index (χ4n) is 8.38. The van der Waals surface area contributed by atoms with Gasteiger partial charge in [0.25, 0.3) is 5.91 Å². The van der Waals surface area contributed by atoms with E-state index in [1.54, 1.807) is 16.7 Å². The Labute approximate surface area is 272 Å². The lowest BCUT2D eigenvalue weighted by Crippen LogP contribution is -2.43. The Hall–Kier alpha value is -3.68. The van der Waals surface area contributed by atoms with E-state index in [-0.39, 0.29) is 58.1 Å². The molecule has 0 radical (unpaired) electrons. The molecule has 8 rings (SSSR count). The average molecular weight is 666 g/mol. The number of hydrogen-bond acceptors (Lipinski definition) is 9. The molecule has 6 unspecified atom stereocenters. The van der Waals surface area contributed by atoms with Gasteiger partial charge in [0.2, 0.25) is 11.8 Å². The number of thiazole rings is 1. The first-order valence-electron chi connectivity index (χ1n) is 15.6. The summed E-state index contributed by atoms with van der Waals surface area (Å²) in [4.78, 5) is 60.0. The highest BCUT2D eigenvalue weighted by Crippen LogP contribution is 2.68. The third kappa shape index (κ3) is 4.69. The number of aromatic amines is 1. The Morgan fingerprint density at radius 1 is 1.00 bits per heavy atom. The topological polar surface area (TPSA) is 118 Å². The second-order valence-corrected chi connectivity index (χ2v) is 14.6. The van der Waals surface area contributed by atoms with Crippen LogP contribution < -0.4 is 19.2 Å². The summed E-state index contributed by atoms with van der Waals surface area (Å²) >= 11 is 2.81. The average Bonchev–Trinajstić information content (AvgIpc) is 3.80. The number of aromatic nitrogens is 1. The number of benzene rings is 2. The number of amides is 3. The van der Waals surface area contributed by atoms with Crippen molar-refractivity contribution in [2.75, 3.05) is 44.4 Å². The maximum Gasteiger partial charge on any atom is 0.305 e. The molecule has 2 saturated carbocycles. The van der Waals surface area contributed by atoms with Gasteiger partial charge in [0.15, 0.2) is 18.1 Å². The van der Waals surface area contributed by atoms with Gasteiger partial charge in [-0.3, -0.25) is 24.1 Å². The van der Waals surface area contributed by atoms with Crippen LogP contribution in [0.1, 0.15) is 29.7 Å². The van der Waals surface area contributed by atoms with Gasteiger partial charge in [-0.05, 0) is 73.1 Å². The van der Waals surface area contributed by atoms with Crippen LogP contribution in [-0.4, -0.2) is 72.4 Å². The zero-order valence-electron chi connectivity index (χ0n) is 25.0. The zero-order chi connectivity index (χ0) is 31.7. The van der Waals surface area contributed by atoms with Crippen LogP contribution in [-0.2, 0) is 19.1 Å². The third-order valence-electron chi connectivity index (χ3n) is 10.2. The highest BCUT2D eigenvalue weighted by atomic mass is 32.2. The lowest BCUT2D eigenvalue weighted by atomic mass is 9.68. The molecule has 1 N–H and O–H groups in total. The predicted octanol–water partition coefficient (Wildman–Crippen LogP) is 3.89. The standard InChI is InChI=1S/C33H32FN3O7S2/c1-2-43-22-13-16(3-8-21(22)44-15-23(38)36-9-11-42-12-10-36)24-25-19-14-20(28(25)45-30-29(24)46-33(41)35-30)27-26(19)31(39)37(32(27)40)18-6-4-17(34)5-7-18/h3-8,13,19-20,24-28H,2,9-12,14-15H2,1H3,(H,35,41)/t19?,20?,24-,25?,26?,27?,28?/m1/s1. The number of fused-ring (bicyclic) bond motifs is 9. The summed E-state index contributed by atoms with van der Waals surface area (Å²) in [5, 5.41) is 0.837. The smallest absolute Gasteiger partial charge is 0.305 e. The van der Waals surface area contributed by atoms with Crippen molar-refractivity contribution in [2.45, 2.75) is 29.5 Å². The number of imide groups is 1. The van der Waals surface area contributed by atoms with Crippen LogP contribution in [0.4, 0.5) is 10.1 Å². The number of halogens is 1. The lowest BCUT2D eigenvalue weighted by Gasteiger charge is -2.43. The van der Waals surface area contributed by atoms with E-state index in [0.29, 0.717) is 50.1 Å². The molecule has 46 heavy (non-hydrogen) atoms. The summed E-state index contributed by atoms with van der Waals surface area (Å²) in [6.45, 7) is 4.22. The SMILES string of the molecule is CCOc1cc([C@H]2c3sc(=O)[nH]c3SC3C4CC(C5C(=O)N(c6ccc(F)cc6)C(=O)C45)C32)ccc1OCC(=O)N1CCOCC1. The Kier molecular flexibility index (Phi) is 7.45. The fraction of sp³-hybridized carbons (Fsp3) is 0.455. The summed E-state index contributed by atoms with van der Waals surface area (Å²) in [5.74, 6) is -1.25. The van der Waals surface area contributed by atoms with Gasteiger partial charge in [0, 0.05) is 29.1 Å². The minimum atomic E-state index is -0.468. The second kappa shape index (κ2) is 11.5. The normalized spacial score (nSPS) is 29.5. The van der Waals surface area contributed by atoms with Crippen LogP contribution >= 0.6 is 23.1 Å². The van der Waals surface area contributed by atoms with Crippen molar-refractivity contribution in [2.24, 2.45) is 29.6 Å². The molecule has 2 bridgehead atoms. The van der Waals surface area contributed by atoms with Crippen LogP contribution in [0, 0.1) is 35.4 Å². The molecular formula is C33H32FN3O7S2. The molecule has 4 heterocycles. The summed E-state index contributed by atoms with van der Waals surface area (Å²) in [6, 6.07) is 11.2. The van der Waals surface area contributed by atoms with Crippen LogP contribution in [0.2, 0.25) is 0 Å². The van der Waals surface area contributed by atoms with Crippen LogP contribution in [0.15, 0.2) is 52.3 Å². The Morgan fingerprint density at radius 3 is 2.48 bits per heavy atom. The minimum absolute atomic E-state index is 0.00395. The number of hydrogen-bond donors (Lipinski definition) is 1. The first-order valence-corrected chi connectivity index (χ1v) is 17.3. The number of carbonyl (C=O) groups excluding carboxylic acids is 3. The van der Waals surface area contributed by atoms with E-state index in [0.717, 1.165) is 21.9 Å². The van der Waals surface area contributed by atoms with E-state index >= 15 is 0 Å². The van der Waals surface area contributed by atoms with E-state index in [1.165, 1.54) is 40.5 Å². The van der Waals surface area contributed by atoms with Crippen molar-refractivity contribution in [3.05, 3.63) is 68.4 Å². The summed E-state index contributed by atoms with van der Waals surface area (Å²) in [7, 11) is 0. The summed E-state index contributed by atoms with van der Waals surface area (Å²) in [6.07, 6.45) is 0.755. The molecule has 2 saturated heterocycles. The van der Waals surface area contributed by atoms with Gasteiger partial charge in [0.1, 0.15) is 5.82 Å². The Bertz CT molecular complexity index is 1770. The van der Waals surface area contributed by atoms with Crippen molar-refractivity contribution < 1.29 is 33.0 Å². The number of morpholine rings is 1. The lowest BCUT2D eigenvalue weighted by molar-refractivity contribution is -0.137. The molecule has 2 aromatic carbocycles. The van der Waals surface area contributed by atoms with Gasteiger partial charge < -0.3 is 24.1 Å². The van der Waals surface area contributed by atoms with E-state index < -0.39 is 17.7 Å². The van der Waals surface area contributed by atoms with E-state index in [4.69, 9.17) is 14.2 Å². The first-order chi connectivity index (χ1) is 22.3. The molecule has 3 amide bonds. The number of nitrogens with zero attached hydrogens (tertiary/aromatic N) is 2. The molecule has 1 aromatic heterocycles. The monoisotopic (exact) mass is 665 g/mol. The van der Waals surface area contributed by atoms with Gasteiger partial charge >= 0.3 is 4.87 Å². The predicted molar refractivity (Wildman–Crippen MR) is 168 cm³/mol. The molecule has 3 aliphatic heterocycles. The van der Waals surface area contributed by atoms with Crippen molar-refractivity contribution in [3.8, 4) is 11.5 Å². The largest absolute Gasteiger partial charge is 0.490 e. The van der Waals surface area contributed by atoms with Gasteiger partial charge in [-0.25, -0.2) is 4.39 Å². The number of thioether (sulfide) groups is 1. The van der Waals surface area contributed by atoms with Crippen LogP contribution in [0.3, 0.4) is 0 Å². The van der Waals surface area contributed by atoms with Gasteiger partial charge in [-0.1, -0.05) is 17.4 Å². The Morgan fingerprint density at radius 2 is 1.74 bits per heavy atom. The highest BCUT2D eigenvalue weighted by Gasteiger charge is 2.69. The van der Waals surface area contributed by atoms with E-state index in [2.05, 4.69) is 4.98 Å². The number of rotatable bonds is 7. The molecule has 7 atom stereocenters. The number of nitrogens with one attached hydrogen (secondary N) is 1. The molecule has 0 spiro atoms. The minimum Gasteiger partial charge on any atom is -0.490 e. The van der Waals surface area contributed by atoms with Crippen molar-refractivity contribution >= 4 is 46.5 Å². The Balaban J connectivity index is 1.12. The zero-order valence-corrected chi connectivity index (χ0v) is 26.6. The molecule has 13 heteroatoms. The molecule has 240 valence electrons. The third-order valence-corrected chi connectivity index (χ3v) is 12.7. The summed E-state index contributed by atoms with van der Waals surface area (Å²) in [5.41, 5.74) is 1.32. The van der Waals surface area contributed by atoms with Crippen LogP contribution in [0.25, 0.3) is 0 Å². The van der Waals surface area contributed by atoms with E-state index in [1.807, 2.05) is 25.1 Å². The number of H-pyrrole nitrogens is 1. The van der Waals surface area contributed by atoms with Crippen molar-refractivity contribution in [1.29, 1.82) is 0 Å². The quantitative estimate of drug-likeness (QED) is 0.378. The van der Waals surface area contributed by atoms with Gasteiger partial charge in [-0.2, -0.15) is 0 Å². The van der Waals surface area contributed by atoms with Crippen molar-refractivity contribution in [3.63, 3.8) is 0 Å². The first kappa shape index (κ1) is 29.7. The molecule has 2 aliphatic carbocycles. The maximum absolute atomic E-state index is 13.9. The fourth-order valence-corrected chi connectivity index (χ4v) is 11.3. The molecular weight excluding hydrogens is 634 g/mol. The molecule has 3 aromatic rings.